The second-order valence-electron chi connectivity index (χ2n) is 7.01. The standard InChI is InChI=1S/C19H22ClN5O/c1-13-6-18(23-12-22-13)24-9-15-7-16(10-24)25(15)11-19(26)21-8-14-4-2-3-5-17(14)20/h2-6,12,15-16H,7-11H2,1H3,(H,21,26). The smallest absolute Gasteiger partial charge is 0.234 e. The number of aryl methyl sites for hydroxylation is 1. The zero-order chi connectivity index (χ0) is 18.1. The lowest BCUT2D eigenvalue weighted by molar-refractivity contribution is -0.127. The van der Waals surface area contributed by atoms with Gasteiger partial charge in [0.05, 0.1) is 6.54 Å². The van der Waals surface area contributed by atoms with Crippen LogP contribution >= 0.6 is 11.6 Å². The van der Waals surface area contributed by atoms with Crippen LogP contribution in [0.4, 0.5) is 5.82 Å². The minimum atomic E-state index is 0.0472. The SMILES string of the molecule is Cc1cc(N2CC3CC(C2)N3CC(=O)NCc2ccccc2Cl)ncn1. The highest BCUT2D eigenvalue weighted by molar-refractivity contribution is 6.31. The van der Waals surface area contributed by atoms with E-state index in [0.717, 1.165) is 36.6 Å². The fourth-order valence-electron chi connectivity index (χ4n) is 3.80. The van der Waals surface area contributed by atoms with Crippen molar-refractivity contribution in [1.82, 2.24) is 20.2 Å². The number of halogens is 1. The summed E-state index contributed by atoms with van der Waals surface area (Å²) in [5, 5.41) is 3.66. The van der Waals surface area contributed by atoms with Crippen LogP contribution in [0.2, 0.25) is 5.02 Å². The van der Waals surface area contributed by atoms with Crippen LogP contribution in [0.3, 0.4) is 0 Å². The van der Waals surface area contributed by atoms with E-state index in [1.807, 2.05) is 37.3 Å². The van der Waals surface area contributed by atoms with Crippen LogP contribution in [0.1, 0.15) is 17.7 Å². The summed E-state index contributed by atoms with van der Waals surface area (Å²) < 4.78 is 0. The fraction of sp³-hybridized carbons (Fsp3) is 0.421. The van der Waals surface area contributed by atoms with Crippen LogP contribution < -0.4 is 10.2 Å². The maximum absolute atomic E-state index is 12.3. The number of carbonyl (C=O) groups is 1. The third-order valence-corrected chi connectivity index (χ3v) is 5.59. The van der Waals surface area contributed by atoms with Crippen molar-refractivity contribution in [2.45, 2.75) is 32.0 Å². The van der Waals surface area contributed by atoms with Crippen molar-refractivity contribution < 1.29 is 4.79 Å². The molecule has 5 rings (SSSR count). The normalized spacial score (nSPS) is 22.0. The Hall–Kier alpha value is -2.18. The lowest BCUT2D eigenvalue weighted by Gasteiger charge is -2.56. The zero-order valence-electron chi connectivity index (χ0n) is 14.7. The minimum Gasteiger partial charge on any atom is -0.353 e. The van der Waals surface area contributed by atoms with Crippen LogP contribution in [0.15, 0.2) is 36.7 Å². The molecule has 4 heterocycles. The summed E-state index contributed by atoms with van der Waals surface area (Å²) in [5.41, 5.74) is 1.92. The molecule has 0 radical (unpaired) electrons. The number of hydrogen-bond acceptors (Lipinski definition) is 5. The number of nitrogens with zero attached hydrogens (tertiary/aromatic N) is 4. The van der Waals surface area contributed by atoms with E-state index in [1.165, 1.54) is 0 Å². The molecule has 1 aromatic carbocycles. The molecule has 1 aromatic heterocycles. The Morgan fingerprint density at radius 1 is 1.27 bits per heavy atom. The maximum Gasteiger partial charge on any atom is 0.234 e. The number of anilines is 1. The number of nitrogens with one attached hydrogen (secondary N) is 1. The van der Waals surface area contributed by atoms with Crippen LogP contribution in [0.25, 0.3) is 0 Å². The van der Waals surface area contributed by atoms with E-state index < -0.39 is 0 Å². The molecule has 2 atom stereocenters. The van der Waals surface area contributed by atoms with Gasteiger partial charge in [0.1, 0.15) is 12.1 Å². The van der Waals surface area contributed by atoms with E-state index in [9.17, 15) is 4.79 Å². The number of fused-ring (bicyclic) bond motifs is 2. The molecule has 3 aliphatic rings. The van der Waals surface area contributed by atoms with Gasteiger partial charge in [-0.15, -0.1) is 0 Å². The third-order valence-electron chi connectivity index (χ3n) is 5.22. The van der Waals surface area contributed by atoms with Crippen molar-refractivity contribution in [3.8, 4) is 0 Å². The number of aromatic nitrogens is 2. The van der Waals surface area contributed by atoms with Gasteiger partial charge in [-0.25, -0.2) is 9.97 Å². The van der Waals surface area contributed by atoms with E-state index in [1.54, 1.807) is 6.33 Å². The highest BCUT2D eigenvalue weighted by Crippen LogP contribution is 2.33. The second-order valence-corrected chi connectivity index (χ2v) is 7.41. The predicted octanol–water partition coefficient (Wildman–Crippen LogP) is 2.02. The lowest BCUT2D eigenvalue weighted by Crippen LogP contribution is -2.70. The third kappa shape index (κ3) is 3.52. The van der Waals surface area contributed by atoms with Gasteiger partial charge in [-0.05, 0) is 25.0 Å². The number of piperazine rings is 1. The molecule has 7 heteroatoms. The van der Waals surface area contributed by atoms with Crippen molar-refractivity contribution in [1.29, 1.82) is 0 Å². The number of carbonyl (C=O) groups excluding carboxylic acids is 1. The summed E-state index contributed by atoms with van der Waals surface area (Å²) in [6.07, 6.45) is 2.77. The molecule has 2 unspecified atom stereocenters. The van der Waals surface area contributed by atoms with E-state index >= 15 is 0 Å². The average molecular weight is 372 g/mol. The van der Waals surface area contributed by atoms with Gasteiger partial charge in [-0.3, -0.25) is 9.69 Å². The molecule has 1 amide bonds. The summed E-state index contributed by atoms with van der Waals surface area (Å²) >= 11 is 6.14. The van der Waals surface area contributed by atoms with E-state index in [4.69, 9.17) is 11.6 Å². The molecule has 2 aromatic rings. The summed E-state index contributed by atoms with van der Waals surface area (Å²) in [7, 11) is 0. The number of rotatable bonds is 5. The van der Waals surface area contributed by atoms with Gasteiger partial charge in [-0.1, -0.05) is 29.8 Å². The Labute approximate surface area is 158 Å². The molecule has 0 saturated carbocycles. The van der Waals surface area contributed by atoms with Crippen LogP contribution in [0.5, 0.6) is 0 Å². The van der Waals surface area contributed by atoms with E-state index in [0.29, 0.717) is 30.2 Å². The molecular weight excluding hydrogens is 350 g/mol. The van der Waals surface area contributed by atoms with Crippen molar-refractivity contribution in [3.63, 3.8) is 0 Å². The van der Waals surface area contributed by atoms with Gasteiger partial charge in [0.2, 0.25) is 5.91 Å². The monoisotopic (exact) mass is 371 g/mol. The Balaban J connectivity index is 1.30. The number of piperidine rings is 1. The highest BCUT2D eigenvalue weighted by atomic mass is 35.5. The average Bonchev–Trinajstić information content (AvgIpc) is 2.65. The molecule has 3 fully saturated rings. The van der Waals surface area contributed by atoms with E-state index in [-0.39, 0.29) is 5.91 Å². The Morgan fingerprint density at radius 3 is 2.77 bits per heavy atom. The molecule has 0 aliphatic carbocycles. The Morgan fingerprint density at radius 2 is 2.04 bits per heavy atom. The second kappa shape index (κ2) is 7.21. The van der Waals surface area contributed by atoms with Gasteiger partial charge >= 0.3 is 0 Å². The van der Waals surface area contributed by atoms with Crippen molar-refractivity contribution in [3.05, 3.63) is 52.9 Å². The van der Waals surface area contributed by atoms with Crippen LogP contribution in [-0.4, -0.2) is 52.5 Å². The number of benzene rings is 1. The largest absolute Gasteiger partial charge is 0.353 e. The van der Waals surface area contributed by atoms with Crippen LogP contribution in [0, 0.1) is 6.92 Å². The first kappa shape index (κ1) is 17.2. The zero-order valence-corrected chi connectivity index (χ0v) is 15.5. The molecule has 3 aliphatic heterocycles. The fourth-order valence-corrected chi connectivity index (χ4v) is 4.01. The molecule has 136 valence electrons. The Kier molecular flexibility index (Phi) is 4.78. The predicted molar refractivity (Wildman–Crippen MR) is 101 cm³/mol. The summed E-state index contributed by atoms with van der Waals surface area (Å²) in [5.74, 6) is 1.03. The van der Waals surface area contributed by atoms with Crippen LogP contribution in [-0.2, 0) is 11.3 Å². The number of hydrogen-bond donors (Lipinski definition) is 1. The molecule has 6 nitrogen and oxygen atoms in total. The minimum absolute atomic E-state index is 0.0472. The van der Waals surface area contributed by atoms with E-state index in [2.05, 4.69) is 25.1 Å². The quantitative estimate of drug-likeness (QED) is 0.871. The topological polar surface area (TPSA) is 61.4 Å². The lowest BCUT2D eigenvalue weighted by atomic mass is 9.87. The summed E-state index contributed by atoms with van der Waals surface area (Å²) in [4.78, 5) is 25.5. The molecule has 26 heavy (non-hydrogen) atoms. The van der Waals surface area contributed by atoms with Crippen molar-refractivity contribution >= 4 is 23.3 Å². The van der Waals surface area contributed by atoms with Gasteiger partial charge in [0.25, 0.3) is 0 Å². The number of amides is 1. The maximum atomic E-state index is 12.3. The van der Waals surface area contributed by atoms with Gasteiger partial charge in [0, 0.05) is 48.5 Å². The summed E-state index contributed by atoms with van der Waals surface area (Å²) in [6.45, 7) is 4.70. The van der Waals surface area contributed by atoms with Gasteiger partial charge < -0.3 is 10.2 Å². The molecule has 2 bridgehead atoms. The molecule has 3 saturated heterocycles. The first-order valence-electron chi connectivity index (χ1n) is 8.89. The highest BCUT2D eigenvalue weighted by Gasteiger charge is 2.45. The van der Waals surface area contributed by atoms with Crippen molar-refractivity contribution in [2.24, 2.45) is 0 Å². The first-order valence-corrected chi connectivity index (χ1v) is 9.27. The molecule has 0 spiro atoms. The van der Waals surface area contributed by atoms with Crippen molar-refractivity contribution in [2.75, 3.05) is 24.5 Å². The van der Waals surface area contributed by atoms with Gasteiger partial charge in [0.15, 0.2) is 0 Å². The molecular formula is C19H22ClN5O. The molecule has 1 N–H and O–H groups in total. The summed E-state index contributed by atoms with van der Waals surface area (Å²) in [6, 6.07) is 10.4. The van der Waals surface area contributed by atoms with Gasteiger partial charge in [-0.2, -0.15) is 0 Å². The first-order chi connectivity index (χ1) is 12.6. The Bertz CT molecular complexity index is 802.